The van der Waals surface area contributed by atoms with Gasteiger partial charge < -0.3 is 14.7 Å². The van der Waals surface area contributed by atoms with Crippen LogP contribution in [0.1, 0.15) is 44.4 Å². The summed E-state index contributed by atoms with van der Waals surface area (Å²) in [6.45, 7) is 2.95. The third-order valence-electron chi connectivity index (χ3n) is 6.06. The summed E-state index contributed by atoms with van der Waals surface area (Å²) in [5.74, 6) is 2.20. The average molecular weight is 530 g/mol. The molecule has 6 nitrogen and oxygen atoms in total. The number of likely N-dealkylation sites (tertiary alicyclic amines) is 1. The second-order valence-electron chi connectivity index (χ2n) is 7.97. The van der Waals surface area contributed by atoms with E-state index in [2.05, 4.69) is 25.3 Å². The maximum absolute atomic E-state index is 5.93. The quantitative estimate of drug-likeness (QED) is 0.351. The minimum Gasteiger partial charge on any atom is -0.356 e. The van der Waals surface area contributed by atoms with Crippen LogP contribution in [0.5, 0.6) is 0 Å². The van der Waals surface area contributed by atoms with Gasteiger partial charge in [-0.05, 0) is 48.9 Å². The number of aromatic nitrogens is 2. The Labute approximate surface area is 194 Å². The molecule has 1 N–H and O–H groups in total. The SMILES string of the molecule is CN=C(NCCc1nc(-c2ccc(Cl)cc2)no1)N1CCC2(CCCCC2)C1.I. The van der Waals surface area contributed by atoms with Gasteiger partial charge in [-0.15, -0.1) is 24.0 Å². The Balaban J connectivity index is 0.00000240. The van der Waals surface area contributed by atoms with Gasteiger partial charge in [-0.2, -0.15) is 4.98 Å². The number of nitrogens with one attached hydrogen (secondary N) is 1. The van der Waals surface area contributed by atoms with Crippen molar-refractivity contribution in [3.05, 3.63) is 35.2 Å². The van der Waals surface area contributed by atoms with Gasteiger partial charge in [0.1, 0.15) is 0 Å². The summed E-state index contributed by atoms with van der Waals surface area (Å²) < 4.78 is 5.39. The number of benzene rings is 1. The molecule has 2 aliphatic rings. The van der Waals surface area contributed by atoms with Crippen LogP contribution in [0.3, 0.4) is 0 Å². The normalized spacial score (nSPS) is 18.7. The molecule has 1 spiro atoms. The molecule has 0 amide bonds. The Morgan fingerprint density at radius 2 is 1.97 bits per heavy atom. The summed E-state index contributed by atoms with van der Waals surface area (Å²) in [4.78, 5) is 11.4. The number of hydrogen-bond donors (Lipinski definition) is 1. The van der Waals surface area contributed by atoms with Crippen molar-refractivity contribution in [2.75, 3.05) is 26.7 Å². The first-order valence-electron chi connectivity index (χ1n) is 10.2. The molecule has 1 aliphatic heterocycles. The molecular formula is C21H29ClIN5O. The van der Waals surface area contributed by atoms with Gasteiger partial charge >= 0.3 is 0 Å². The molecule has 158 valence electrons. The van der Waals surface area contributed by atoms with E-state index in [-0.39, 0.29) is 24.0 Å². The van der Waals surface area contributed by atoms with Crippen LogP contribution in [-0.2, 0) is 6.42 Å². The number of halogens is 2. The molecule has 0 unspecified atom stereocenters. The largest absolute Gasteiger partial charge is 0.356 e. The van der Waals surface area contributed by atoms with Gasteiger partial charge in [0, 0.05) is 43.7 Å². The summed E-state index contributed by atoms with van der Waals surface area (Å²) in [5.41, 5.74) is 1.42. The van der Waals surface area contributed by atoms with Gasteiger partial charge in [-0.1, -0.05) is 36.0 Å². The molecule has 1 aliphatic carbocycles. The van der Waals surface area contributed by atoms with Crippen molar-refractivity contribution in [3.8, 4) is 11.4 Å². The zero-order chi connectivity index (χ0) is 19.4. The molecule has 0 atom stereocenters. The number of aliphatic imine (C=N–C) groups is 1. The van der Waals surface area contributed by atoms with Gasteiger partial charge in [-0.3, -0.25) is 4.99 Å². The fourth-order valence-corrected chi connectivity index (χ4v) is 4.64. The highest BCUT2D eigenvalue weighted by Crippen LogP contribution is 2.43. The van der Waals surface area contributed by atoms with Crippen LogP contribution >= 0.6 is 35.6 Å². The topological polar surface area (TPSA) is 66.5 Å². The van der Waals surface area contributed by atoms with Crippen molar-refractivity contribution in [3.63, 3.8) is 0 Å². The summed E-state index contributed by atoms with van der Waals surface area (Å²) >= 11 is 5.93. The van der Waals surface area contributed by atoms with Crippen LogP contribution in [0, 0.1) is 5.41 Å². The number of guanidine groups is 1. The van der Waals surface area contributed by atoms with E-state index < -0.39 is 0 Å². The average Bonchev–Trinajstić information content (AvgIpc) is 3.34. The van der Waals surface area contributed by atoms with Gasteiger partial charge in [0.05, 0.1) is 0 Å². The van der Waals surface area contributed by atoms with Crippen LogP contribution in [0.15, 0.2) is 33.8 Å². The lowest BCUT2D eigenvalue weighted by Gasteiger charge is -2.33. The standard InChI is InChI=1S/C21H28ClN5O.HI/c1-23-20(27-14-12-21(15-27)10-3-2-4-11-21)24-13-9-18-25-19(26-28-18)16-5-7-17(22)8-6-16;/h5-8H,2-4,9-15H2,1H3,(H,23,24);1H. The van der Waals surface area contributed by atoms with Crippen molar-refractivity contribution in [1.82, 2.24) is 20.4 Å². The van der Waals surface area contributed by atoms with E-state index in [1.165, 1.54) is 38.5 Å². The minimum absolute atomic E-state index is 0. The second kappa shape index (κ2) is 10.1. The Morgan fingerprint density at radius 3 is 2.69 bits per heavy atom. The third-order valence-corrected chi connectivity index (χ3v) is 6.31. The fourth-order valence-electron chi connectivity index (χ4n) is 4.51. The van der Waals surface area contributed by atoms with E-state index in [0.29, 0.717) is 28.6 Å². The molecule has 1 saturated heterocycles. The molecule has 1 aromatic heterocycles. The number of hydrogen-bond acceptors (Lipinski definition) is 4. The molecule has 0 radical (unpaired) electrons. The summed E-state index contributed by atoms with van der Waals surface area (Å²) in [6.07, 6.45) is 8.86. The third kappa shape index (κ3) is 5.42. The summed E-state index contributed by atoms with van der Waals surface area (Å²) in [7, 11) is 1.86. The fraction of sp³-hybridized carbons (Fsp3) is 0.571. The zero-order valence-electron chi connectivity index (χ0n) is 16.9. The predicted molar refractivity (Wildman–Crippen MR) is 127 cm³/mol. The van der Waals surface area contributed by atoms with E-state index in [1.54, 1.807) is 0 Å². The van der Waals surface area contributed by atoms with Crippen LogP contribution in [0.25, 0.3) is 11.4 Å². The van der Waals surface area contributed by atoms with Crippen LogP contribution < -0.4 is 5.32 Å². The highest BCUT2D eigenvalue weighted by Gasteiger charge is 2.39. The first-order chi connectivity index (χ1) is 13.7. The van der Waals surface area contributed by atoms with E-state index in [4.69, 9.17) is 16.1 Å². The molecule has 1 saturated carbocycles. The van der Waals surface area contributed by atoms with E-state index in [0.717, 1.165) is 31.2 Å². The van der Waals surface area contributed by atoms with Crippen molar-refractivity contribution >= 4 is 41.5 Å². The van der Waals surface area contributed by atoms with Gasteiger partial charge in [0.2, 0.25) is 11.7 Å². The number of nitrogens with zero attached hydrogens (tertiary/aromatic N) is 4. The van der Waals surface area contributed by atoms with Gasteiger partial charge in [-0.25, -0.2) is 0 Å². The van der Waals surface area contributed by atoms with Gasteiger partial charge in [0.25, 0.3) is 0 Å². The molecule has 1 aromatic carbocycles. The summed E-state index contributed by atoms with van der Waals surface area (Å²) in [5, 5.41) is 8.23. The first kappa shape index (κ1) is 22.3. The predicted octanol–water partition coefficient (Wildman–Crippen LogP) is 4.78. The highest BCUT2D eigenvalue weighted by molar-refractivity contribution is 14.0. The summed E-state index contributed by atoms with van der Waals surface area (Å²) in [6, 6.07) is 7.44. The molecule has 0 bridgehead atoms. The lowest BCUT2D eigenvalue weighted by atomic mass is 9.73. The zero-order valence-corrected chi connectivity index (χ0v) is 20.0. The Kier molecular flexibility index (Phi) is 7.79. The van der Waals surface area contributed by atoms with Gasteiger partial charge in [0.15, 0.2) is 5.96 Å². The van der Waals surface area contributed by atoms with E-state index in [9.17, 15) is 0 Å². The number of rotatable bonds is 4. The lowest BCUT2D eigenvalue weighted by Crippen LogP contribution is -2.42. The van der Waals surface area contributed by atoms with Crippen molar-refractivity contribution in [2.24, 2.45) is 10.4 Å². The Bertz CT molecular complexity index is 817. The van der Waals surface area contributed by atoms with Crippen molar-refractivity contribution in [2.45, 2.75) is 44.9 Å². The monoisotopic (exact) mass is 529 g/mol. The molecule has 4 rings (SSSR count). The maximum Gasteiger partial charge on any atom is 0.228 e. The van der Waals surface area contributed by atoms with Crippen LogP contribution in [0.2, 0.25) is 5.02 Å². The molecule has 2 heterocycles. The van der Waals surface area contributed by atoms with Crippen molar-refractivity contribution in [1.29, 1.82) is 0 Å². The minimum atomic E-state index is 0. The molecular weight excluding hydrogens is 501 g/mol. The molecule has 2 aromatic rings. The molecule has 2 fully saturated rings. The van der Waals surface area contributed by atoms with Crippen LogP contribution in [0.4, 0.5) is 0 Å². The second-order valence-corrected chi connectivity index (χ2v) is 8.41. The first-order valence-corrected chi connectivity index (χ1v) is 10.6. The van der Waals surface area contributed by atoms with Crippen molar-refractivity contribution < 1.29 is 4.52 Å². The molecule has 29 heavy (non-hydrogen) atoms. The van der Waals surface area contributed by atoms with E-state index >= 15 is 0 Å². The lowest BCUT2D eigenvalue weighted by molar-refractivity contribution is 0.203. The Hall–Kier alpha value is -1.35. The smallest absolute Gasteiger partial charge is 0.228 e. The Morgan fingerprint density at radius 1 is 1.21 bits per heavy atom. The van der Waals surface area contributed by atoms with E-state index in [1.807, 2.05) is 31.3 Å². The molecule has 8 heteroatoms. The van der Waals surface area contributed by atoms with Crippen LogP contribution in [-0.4, -0.2) is 47.7 Å². The highest BCUT2D eigenvalue weighted by atomic mass is 127. The maximum atomic E-state index is 5.93.